The Morgan fingerprint density at radius 2 is 0.683 bits per heavy atom. The van der Waals surface area contributed by atoms with Gasteiger partial charge in [-0.25, -0.2) is 24.3 Å². The van der Waals surface area contributed by atoms with E-state index in [2.05, 4.69) is 76.2 Å². The number of unbranched alkanes of at least 4 members (excludes halogenated alkanes) is 16. The largest absolute Gasteiger partial charge is 2.00 e. The van der Waals surface area contributed by atoms with Gasteiger partial charge >= 0.3 is 21.7 Å². The fraction of sp³-hybridized carbons (Fsp3) is 0.737. The van der Waals surface area contributed by atoms with E-state index in [9.17, 15) is 0 Å². The van der Waals surface area contributed by atoms with Gasteiger partial charge in [0.15, 0.2) is 0 Å². The van der Waals surface area contributed by atoms with Crippen molar-refractivity contribution in [2.75, 3.05) is 24.6 Å². The van der Waals surface area contributed by atoms with Gasteiger partial charge in [0, 0.05) is 0 Å². The molecule has 2 aromatic rings. The van der Waals surface area contributed by atoms with Gasteiger partial charge in [0.25, 0.3) is 0 Å². The predicted molar refractivity (Wildman–Crippen MR) is 192 cm³/mol. The molecule has 0 radical (unpaired) electrons. The molecule has 234 valence electrons. The van der Waals surface area contributed by atoms with Crippen LogP contribution in [0.1, 0.15) is 156 Å². The van der Waals surface area contributed by atoms with Crippen molar-refractivity contribution in [2.45, 2.75) is 156 Å². The summed E-state index contributed by atoms with van der Waals surface area (Å²) in [7, 11) is 0.279. The first kappa shape index (κ1) is 41.3. The summed E-state index contributed by atoms with van der Waals surface area (Å²) in [5, 5.41) is 3.32. The average Bonchev–Trinajstić information content (AvgIpc) is 3.70. The zero-order valence-electron chi connectivity index (χ0n) is 28.0. The van der Waals surface area contributed by atoms with E-state index in [1.54, 1.807) is 10.6 Å². The van der Waals surface area contributed by atoms with Gasteiger partial charge in [-0.3, -0.25) is 0 Å². The van der Waals surface area contributed by atoms with E-state index in [1.165, 1.54) is 153 Å². The Morgan fingerprint density at radius 1 is 0.415 bits per heavy atom. The molecule has 0 amide bonds. The van der Waals surface area contributed by atoms with Crippen LogP contribution in [0.5, 0.6) is 0 Å². The first-order valence-electron chi connectivity index (χ1n) is 17.7. The van der Waals surface area contributed by atoms with E-state index in [0.29, 0.717) is 0 Å². The fourth-order valence-electron chi connectivity index (χ4n) is 5.51. The molecule has 0 aromatic heterocycles. The summed E-state index contributed by atoms with van der Waals surface area (Å²) in [5.41, 5.74) is 0. The smallest absolute Gasteiger partial charge is 0.213 e. The van der Waals surface area contributed by atoms with Gasteiger partial charge in [-0.15, -0.1) is 26.5 Å². The third kappa shape index (κ3) is 23.3. The quantitative estimate of drug-likeness (QED) is 0.0418. The zero-order valence-corrected chi connectivity index (χ0v) is 31.3. The maximum Gasteiger partial charge on any atom is 2.00 e. The summed E-state index contributed by atoms with van der Waals surface area (Å²) in [6.07, 6.45) is 34.3. The van der Waals surface area contributed by atoms with Gasteiger partial charge in [-0.2, -0.15) is 24.3 Å². The molecule has 0 atom stereocenters. The minimum absolute atomic E-state index is 0. The van der Waals surface area contributed by atoms with Crippen LogP contribution in [0.15, 0.2) is 48.5 Å². The molecule has 0 saturated carbocycles. The van der Waals surface area contributed by atoms with Gasteiger partial charge in [-0.05, 0) is 50.3 Å². The fourth-order valence-corrected chi connectivity index (χ4v) is 10.6. The third-order valence-electron chi connectivity index (χ3n) is 8.15. The summed E-state index contributed by atoms with van der Waals surface area (Å²) in [6, 6.07) is 18.3. The molecule has 0 unspecified atom stereocenters. The van der Waals surface area contributed by atoms with Crippen molar-refractivity contribution >= 4 is 26.5 Å². The van der Waals surface area contributed by atoms with Crippen molar-refractivity contribution in [1.82, 2.24) is 0 Å². The van der Waals surface area contributed by atoms with Crippen LogP contribution in [-0.4, -0.2) is 24.6 Å². The predicted octanol–water partition coefficient (Wildman–Crippen LogP) is 12.9. The van der Waals surface area contributed by atoms with Crippen molar-refractivity contribution < 1.29 is 21.7 Å². The molecular weight excluding hydrogens is 566 g/mol. The summed E-state index contributed by atoms with van der Waals surface area (Å²) in [4.78, 5) is 0. The van der Waals surface area contributed by atoms with Crippen molar-refractivity contribution in [2.24, 2.45) is 0 Å². The van der Waals surface area contributed by atoms with Crippen LogP contribution in [0.4, 0.5) is 0 Å². The number of hydrogen-bond acceptors (Lipinski definition) is 0. The van der Waals surface area contributed by atoms with Gasteiger partial charge in [-0.1, -0.05) is 130 Å². The van der Waals surface area contributed by atoms with E-state index in [4.69, 9.17) is 0 Å². The van der Waals surface area contributed by atoms with Crippen LogP contribution in [0.25, 0.3) is 0 Å². The number of hydrogen-bond donors (Lipinski definition) is 0. The minimum atomic E-state index is 0. The molecule has 41 heavy (non-hydrogen) atoms. The Bertz CT molecular complexity index is 618. The molecule has 2 rings (SSSR count). The Kier molecular flexibility index (Phi) is 31.9. The molecule has 0 fully saturated rings. The topological polar surface area (TPSA) is 0 Å². The molecule has 0 aliphatic rings. The first-order valence-corrected chi connectivity index (χ1v) is 21.1. The normalized spacial score (nSPS) is 11.1. The Hall–Kier alpha value is 0.274. The molecule has 0 saturated heterocycles. The number of rotatable bonds is 26. The van der Waals surface area contributed by atoms with Gasteiger partial charge in [0.2, 0.25) is 0 Å². The average molecular weight is 635 g/mol. The van der Waals surface area contributed by atoms with Gasteiger partial charge < -0.3 is 0 Å². The molecule has 0 aliphatic heterocycles. The van der Waals surface area contributed by atoms with E-state index in [0.717, 1.165) is 0 Å². The van der Waals surface area contributed by atoms with E-state index < -0.39 is 0 Å². The molecular formula is C38H68P2Ti. The maximum absolute atomic E-state index is 2.36. The van der Waals surface area contributed by atoms with Crippen molar-refractivity contribution in [3.8, 4) is 0 Å². The van der Waals surface area contributed by atoms with Crippen LogP contribution < -0.4 is 10.6 Å². The summed E-state index contributed by atoms with van der Waals surface area (Å²) < 4.78 is 0. The van der Waals surface area contributed by atoms with Gasteiger partial charge in [0.1, 0.15) is 0 Å². The summed E-state index contributed by atoms with van der Waals surface area (Å²) >= 11 is 0. The van der Waals surface area contributed by atoms with E-state index in [-0.39, 0.29) is 37.6 Å². The molecule has 0 nitrogen and oxygen atoms in total. The van der Waals surface area contributed by atoms with Crippen molar-refractivity contribution in [3.63, 3.8) is 0 Å². The van der Waals surface area contributed by atoms with Crippen LogP contribution in [0.3, 0.4) is 0 Å². The Labute approximate surface area is 276 Å². The molecule has 0 spiro atoms. The third-order valence-corrected chi connectivity index (χ3v) is 13.6. The van der Waals surface area contributed by atoms with Crippen LogP contribution in [0.2, 0.25) is 0 Å². The first-order chi connectivity index (χ1) is 19.8. The van der Waals surface area contributed by atoms with Crippen LogP contribution in [0, 0.1) is 0 Å². The summed E-state index contributed by atoms with van der Waals surface area (Å²) in [6.45, 7) is 9.20. The molecule has 0 heterocycles. The summed E-state index contributed by atoms with van der Waals surface area (Å²) in [5.74, 6) is 0. The minimum Gasteiger partial charge on any atom is -0.213 e. The molecule has 0 bridgehead atoms. The van der Waals surface area contributed by atoms with E-state index in [1.807, 2.05) is 0 Å². The zero-order chi connectivity index (χ0) is 28.9. The van der Waals surface area contributed by atoms with Gasteiger partial charge in [0.05, 0.1) is 0 Å². The second kappa shape index (κ2) is 31.7. The SMILES string of the molecule is CCCCCCCP(CCCCCCC)c1ccc[cH-]1.CCCCCCCP(CCCCCCC)c1ccc[cH-]1.[Ti+2]. The standard InChI is InChI=1S/2C19H34P.Ti/c2*1-3-5-7-9-13-17-20(19-15-11-12-16-19)18-14-10-8-6-4-2;/h2*11-12,15-16H,3-10,13-14,17-18H2,1-2H3;/q2*-1;+2. The second-order valence-corrected chi connectivity index (χ2v) is 16.9. The molecule has 0 aliphatic carbocycles. The maximum atomic E-state index is 2.36. The Morgan fingerprint density at radius 3 is 0.902 bits per heavy atom. The molecule has 0 N–H and O–H groups in total. The van der Waals surface area contributed by atoms with Crippen LogP contribution in [-0.2, 0) is 21.7 Å². The van der Waals surface area contributed by atoms with Crippen molar-refractivity contribution in [1.29, 1.82) is 0 Å². The Balaban J connectivity index is 0.000000762. The molecule has 2 aromatic carbocycles. The monoisotopic (exact) mass is 634 g/mol. The van der Waals surface area contributed by atoms with Crippen molar-refractivity contribution in [3.05, 3.63) is 48.5 Å². The second-order valence-electron chi connectivity index (χ2n) is 11.9. The molecule has 3 heteroatoms. The van der Waals surface area contributed by atoms with E-state index >= 15 is 0 Å². The van der Waals surface area contributed by atoms with Crippen LogP contribution >= 0.6 is 15.8 Å².